The Hall–Kier alpha value is -3.64. The van der Waals surface area contributed by atoms with Gasteiger partial charge in [0.1, 0.15) is 23.3 Å². The second-order valence-electron chi connectivity index (χ2n) is 9.45. The first-order valence-electron chi connectivity index (χ1n) is 12.6. The summed E-state index contributed by atoms with van der Waals surface area (Å²) in [6.45, 7) is 4.76. The zero-order valence-electron chi connectivity index (χ0n) is 21.5. The lowest BCUT2D eigenvalue weighted by Gasteiger charge is -2.31. The minimum Gasteiger partial charge on any atom is -0.492 e. The minimum atomic E-state index is -4.54. The van der Waals surface area contributed by atoms with Gasteiger partial charge in [0.15, 0.2) is 0 Å². The van der Waals surface area contributed by atoms with Crippen LogP contribution in [-0.2, 0) is 12.7 Å². The predicted molar refractivity (Wildman–Crippen MR) is 136 cm³/mol. The van der Waals surface area contributed by atoms with E-state index in [0.29, 0.717) is 31.6 Å². The zero-order chi connectivity index (χ0) is 28.0. The van der Waals surface area contributed by atoms with Crippen LogP contribution in [0.3, 0.4) is 0 Å². The van der Waals surface area contributed by atoms with Crippen LogP contribution in [0.1, 0.15) is 40.9 Å². The molecule has 0 bridgehead atoms. The van der Waals surface area contributed by atoms with E-state index in [2.05, 4.69) is 21.8 Å². The fraction of sp³-hybridized carbons (Fsp3) is 0.444. The molecule has 9 nitrogen and oxygen atoms in total. The predicted octanol–water partition coefficient (Wildman–Crippen LogP) is 4.28. The maximum absolute atomic E-state index is 13.0. The lowest BCUT2D eigenvalue weighted by Crippen LogP contribution is -2.43. The molecule has 1 N–H and O–H groups in total. The first-order valence-corrected chi connectivity index (χ1v) is 12.6. The second-order valence-corrected chi connectivity index (χ2v) is 9.45. The molecule has 2 aromatic heterocycles. The first-order chi connectivity index (χ1) is 18.6. The standard InChI is InChI=1S/C27H30F3N3O6/c1-32-7-9-33(10-8-32)16-19-14-23(34)24(17-39-19)37-11-3-2-4-12-38-25-20-6-5-18(27(28,29)30)13-22(20)31-15-21(25)26(35)36/h5-6,13-15,17H,2-4,7-12,16H2,1H3,(H,35,36). The van der Waals surface area contributed by atoms with Crippen LogP contribution in [0.15, 0.2) is 45.9 Å². The summed E-state index contributed by atoms with van der Waals surface area (Å²) in [5, 5.41) is 9.66. The molecule has 0 saturated carbocycles. The maximum Gasteiger partial charge on any atom is 0.416 e. The van der Waals surface area contributed by atoms with Crippen LogP contribution in [-0.4, -0.2) is 72.3 Å². The molecule has 0 atom stereocenters. The molecule has 3 aromatic rings. The zero-order valence-corrected chi connectivity index (χ0v) is 21.5. The van der Waals surface area contributed by atoms with E-state index in [0.717, 1.165) is 44.5 Å². The van der Waals surface area contributed by atoms with E-state index >= 15 is 0 Å². The molecule has 12 heteroatoms. The largest absolute Gasteiger partial charge is 0.492 e. The molecular formula is C27H30F3N3O6. The Morgan fingerprint density at radius 3 is 2.46 bits per heavy atom. The van der Waals surface area contributed by atoms with Gasteiger partial charge in [-0.15, -0.1) is 0 Å². The molecule has 39 heavy (non-hydrogen) atoms. The summed E-state index contributed by atoms with van der Waals surface area (Å²) in [5.41, 5.74) is -1.36. The number of carboxylic acids is 1. The molecule has 0 unspecified atom stereocenters. The molecule has 0 aliphatic carbocycles. The van der Waals surface area contributed by atoms with Crippen molar-refractivity contribution in [1.29, 1.82) is 0 Å². The van der Waals surface area contributed by atoms with Crippen molar-refractivity contribution in [3.63, 3.8) is 0 Å². The maximum atomic E-state index is 13.0. The van der Waals surface area contributed by atoms with Gasteiger partial charge in [-0.2, -0.15) is 13.2 Å². The molecule has 0 spiro atoms. The van der Waals surface area contributed by atoms with Gasteiger partial charge in [-0.1, -0.05) is 0 Å². The number of alkyl halides is 3. The molecule has 1 aliphatic rings. The molecule has 3 heterocycles. The van der Waals surface area contributed by atoms with Gasteiger partial charge in [0.2, 0.25) is 11.2 Å². The van der Waals surface area contributed by atoms with Gasteiger partial charge in [-0.05, 0) is 44.5 Å². The average molecular weight is 550 g/mol. The summed E-state index contributed by atoms with van der Waals surface area (Å²) in [5.74, 6) is -0.582. The normalized spacial score (nSPS) is 15.0. The molecule has 1 fully saturated rings. The van der Waals surface area contributed by atoms with Gasteiger partial charge >= 0.3 is 12.1 Å². The summed E-state index contributed by atoms with van der Waals surface area (Å²) >= 11 is 0. The van der Waals surface area contributed by atoms with Gasteiger partial charge in [0.25, 0.3) is 0 Å². The van der Waals surface area contributed by atoms with Crippen LogP contribution in [0.5, 0.6) is 11.5 Å². The van der Waals surface area contributed by atoms with Crippen molar-refractivity contribution in [2.24, 2.45) is 0 Å². The highest BCUT2D eigenvalue weighted by atomic mass is 19.4. The number of halogens is 3. The molecule has 1 aliphatic heterocycles. The number of ether oxygens (including phenoxy) is 2. The van der Waals surface area contributed by atoms with E-state index < -0.39 is 17.7 Å². The lowest BCUT2D eigenvalue weighted by molar-refractivity contribution is -0.137. The Kier molecular flexibility index (Phi) is 9.08. The molecule has 0 radical (unpaired) electrons. The Balaban J connectivity index is 1.25. The Bertz CT molecular complexity index is 1350. The summed E-state index contributed by atoms with van der Waals surface area (Å²) in [4.78, 5) is 32.3. The van der Waals surface area contributed by atoms with Crippen molar-refractivity contribution < 1.29 is 37.0 Å². The first kappa shape index (κ1) is 28.4. The van der Waals surface area contributed by atoms with Crippen LogP contribution in [0.2, 0.25) is 0 Å². The van der Waals surface area contributed by atoms with Crippen molar-refractivity contribution in [2.75, 3.05) is 46.4 Å². The number of unbranched alkanes of at least 4 members (excludes halogenated alkanes) is 2. The third-order valence-corrected chi connectivity index (χ3v) is 6.50. The number of aromatic carboxylic acids is 1. The van der Waals surface area contributed by atoms with Gasteiger partial charge in [-0.3, -0.25) is 14.7 Å². The minimum absolute atomic E-state index is 0.00777. The van der Waals surface area contributed by atoms with E-state index in [1.165, 1.54) is 18.4 Å². The summed E-state index contributed by atoms with van der Waals surface area (Å²) in [7, 11) is 2.08. The Morgan fingerprint density at radius 2 is 1.79 bits per heavy atom. The quantitative estimate of drug-likeness (QED) is 0.351. The molecule has 1 aromatic carbocycles. The second kappa shape index (κ2) is 12.5. The van der Waals surface area contributed by atoms with E-state index in [4.69, 9.17) is 13.9 Å². The monoisotopic (exact) mass is 549 g/mol. The van der Waals surface area contributed by atoms with Gasteiger partial charge in [0.05, 0.1) is 30.8 Å². The van der Waals surface area contributed by atoms with Crippen molar-refractivity contribution >= 4 is 16.9 Å². The van der Waals surface area contributed by atoms with Crippen LogP contribution < -0.4 is 14.9 Å². The van der Waals surface area contributed by atoms with Gasteiger partial charge in [0, 0.05) is 43.8 Å². The molecule has 4 rings (SSSR count). The number of carboxylic acid groups (broad SMARTS) is 1. The fourth-order valence-electron chi connectivity index (χ4n) is 4.24. The number of hydrogen-bond acceptors (Lipinski definition) is 8. The highest BCUT2D eigenvalue weighted by molar-refractivity contribution is 5.98. The van der Waals surface area contributed by atoms with Crippen LogP contribution >= 0.6 is 0 Å². The molecule has 0 amide bonds. The summed E-state index contributed by atoms with van der Waals surface area (Å²) < 4.78 is 55.9. The van der Waals surface area contributed by atoms with Crippen molar-refractivity contribution in [3.05, 3.63) is 63.8 Å². The number of benzene rings is 1. The van der Waals surface area contributed by atoms with E-state index in [1.54, 1.807) is 0 Å². The van der Waals surface area contributed by atoms with Crippen molar-refractivity contribution in [1.82, 2.24) is 14.8 Å². The van der Waals surface area contributed by atoms with E-state index in [-0.39, 0.29) is 46.6 Å². The number of aromatic nitrogens is 1. The number of piperazine rings is 1. The molecule has 1 saturated heterocycles. The SMILES string of the molecule is CN1CCN(Cc2cc(=O)c(OCCCCCOc3c(C(=O)O)cnc4cc(C(F)(F)F)ccc34)co2)CC1. The van der Waals surface area contributed by atoms with Crippen LogP contribution in [0, 0.1) is 0 Å². The highest BCUT2D eigenvalue weighted by Gasteiger charge is 2.31. The van der Waals surface area contributed by atoms with Crippen LogP contribution in [0.4, 0.5) is 13.2 Å². The van der Waals surface area contributed by atoms with Crippen molar-refractivity contribution in [3.8, 4) is 11.5 Å². The topological polar surface area (TPSA) is 105 Å². The average Bonchev–Trinajstić information content (AvgIpc) is 2.89. The number of fused-ring (bicyclic) bond motifs is 1. The number of likely N-dealkylation sites (N-methyl/N-ethyl adjacent to an activating group) is 1. The highest BCUT2D eigenvalue weighted by Crippen LogP contribution is 2.35. The number of rotatable bonds is 11. The lowest BCUT2D eigenvalue weighted by atomic mass is 10.1. The van der Waals surface area contributed by atoms with Crippen molar-refractivity contribution in [2.45, 2.75) is 32.0 Å². The number of carbonyl (C=O) groups is 1. The third kappa shape index (κ3) is 7.48. The Labute approximate surface area is 222 Å². The van der Waals surface area contributed by atoms with Gasteiger partial charge < -0.3 is 23.9 Å². The fourth-order valence-corrected chi connectivity index (χ4v) is 4.24. The third-order valence-electron chi connectivity index (χ3n) is 6.50. The molecular weight excluding hydrogens is 519 g/mol. The van der Waals surface area contributed by atoms with E-state index in [9.17, 15) is 27.9 Å². The smallest absolute Gasteiger partial charge is 0.416 e. The Morgan fingerprint density at radius 1 is 1.08 bits per heavy atom. The number of nitrogens with zero attached hydrogens (tertiary/aromatic N) is 3. The van der Waals surface area contributed by atoms with E-state index in [1.807, 2.05) is 0 Å². The number of pyridine rings is 1. The summed E-state index contributed by atoms with van der Waals surface area (Å²) in [6, 6.07) is 4.36. The van der Waals surface area contributed by atoms with Crippen LogP contribution in [0.25, 0.3) is 10.9 Å². The van der Waals surface area contributed by atoms with Gasteiger partial charge in [-0.25, -0.2) is 4.79 Å². The summed E-state index contributed by atoms with van der Waals surface area (Å²) in [6.07, 6.45) is -0.428. The number of hydrogen-bond donors (Lipinski definition) is 1. The molecule has 210 valence electrons.